The van der Waals surface area contributed by atoms with Gasteiger partial charge in [0, 0.05) is 19.1 Å². The normalized spacial score (nSPS) is 20.1. The van der Waals surface area contributed by atoms with Crippen molar-refractivity contribution in [2.24, 2.45) is 0 Å². The van der Waals surface area contributed by atoms with Gasteiger partial charge in [-0.1, -0.05) is 6.92 Å². The van der Waals surface area contributed by atoms with Crippen molar-refractivity contribution < 1.29 is 9.21 Å². The Labute approximate surface area is 108 Å². The SMILES string of the molecule is CCCNC1CCCN(C(=O)c2ccc(C)o2)C1. The van der Waals surface area contributed by atoms with Gasteiger partial charge in [0.15, 0.2) is 5.76 Å². The van der Waals surface area contributed by atoms with E-state index in [2.05, 4.69) is 12.2 Å². The van der Waals surface area contributed by atoms with Gasteiger partial charge in [-0.3, -0.25) is 4.79 Å². The van der Waals surface area contributed by atoms with Crippen molar-refractivity contribution in [3.8, 4) is 0 Å². The van der Waals surface area contributed by atoms with E-state index in [1.807, 2.05) is 17.9 Å². The van der Waals surface area contributed by atoms with Gasteiger partial charge < -0.3 is 14.6 Å². The van der Waals surface area contributed by atoms with Crippen molar-refractivity contribution in [3.05, 3.63) is 23.7 Å². The third-order valence-electron chi connectivity index (χ3n) is 3.34. The summed E-state index contributed by atoms with van der Waals surface area (Å²) in [5.41, 5.74) is 0. The fraction of sp³-hybridized carbons (Fsp3) is 0.643. The second-order valence-corrected chi connectivity index (χ2v) is 4.95. The van der Waals surface area contributed by atoms with E-state index in [1.165, 1.54) is 0 Å². The molecule has 1 unspecified atom stereocenters. The Hall–Kier alpha value is -1.29. The van der Waals surface area contributed by atoms with E-state index in [4.69, 9.17) is 4.42 Å². The highest BCUT2D eigenvalue weighted by molar-refractivity contribution is 5.91. The quantitative estimate of drug-likeness (QED) is 0.891. The number of nitrogens with zero attached hydrogens (tertiary/aromatic N) is 1. The lowest BCUT2D eigenvalue weighted by Crippen LogP contribution is -2.48. The lowest BCUT2D eigenvalue weighted by molar-refractivity contribution is 0.0661. The topological polar surface area (TPSA) is 45.5 Å². The van der Waals surface area contributed by atoms with E-state index >= 15 is 0 Å². The second kappa shape index (κ2) is 6.05. The van der Waals surface area contributed by atoms with Crippen molar-refractivity contribution in [3.63, 3.8) is 0 Å². The number of hydrogen-bond acceptors (Lipinski definition) is 3. The minimum Gasteiger partial charge on any atom is -0.456 e. The van der Waals surface area contributed by atoms with Crippen LogP contribution in [0.5, 0.6) is 0 Å². The van der Waals surface area contributed by atoms with Crippen LogP contribution in [0.3, 0.4) is 0 Å². The van der Waals surface area contributed by atoms with Crippen molar-refractivity contribution in [1.82, 2.24) is 10.2 Å². The summed E-state index contributed by atoms with van der Waals surface area (Å²) >= 11 is 0. The van der Waals surface area contributed by atoms with Crippen LogP contribution in [0.15, 0.2) is 16.5 Å². The predicted molar refractivity (Wildman–Crippen MR) is 70.7 cm³/mol. The molecule has 18 heavy (non-hydrogen) atoms. The highest BCUT2D eigenvalue weighted by Gasteiger charge is 2.25. The molecular weight excluding hydrogens is 228 g/mol. The van der Waals surface area contributed by atoms with Gasteiger partial charge in [-0.25, -0.2) is 0 Å². The number of likely N-dealkylation sites (tertiary alicyclic amines) is 1. The molecule has 1 aliphatic rings. The summed E-state index contributed by atoms with van der Waals surface area (Å²) in [6.07, 6.45) is 3.34. The molecule has 0 spiro atoms. The zero-order chi connectivity index (χ0) is 13.0. The average Bonchev–Trinajstić information content (AvgIpc) is 2.82. The van der Waals surface area contributed by atoms with Crippen LogP contribution in [-0.4, -0.2) is 36.5 Å². The third kappa shape index (κ3) is 3.13. The molecule has 0 saturated carbocycles. The van der Waals surface area contributed by atoms with Crippen molar-refractivity contribution in [2.75, 3.05) is 19.6 Å². The van der Waals surface area contributed by atoms with Crippen LogP contribution >= 0.6 is 0 Å². The zero-order valence-corrected chi connectivity index (χ0v) is 11.2. The van der Waals surface area contributed by atoms with Crippen molar-refractivity contribution in [1.29, 1.82) is 0 Å². The number of furan rings is 1. The summed E-state index contributed by atoms with van der Waals surface area (Å²) in [5, 5.41) is 3.49. The van der Waals surface area contributed by atoms with Gasteiger partial charge in [0.2, 0.25) is 0 Å². The lowest BCUT2D eigenvalue weighted by atomic mass is 10.1. The first-order valence-corrected chi connectivity index (χ1v) is 6.79. The molecular formula is C14H22N2O2. The molecule has 0 bridgehead atoms. The number of carbonyl (C=O) groups is 1. The number of rotatable bonds is 4. The molecule has 1 atom stereocenters. The van der Waals surface area contributed by atoms with Gasteiger partial charge in [-0.2, -0.15) is 0 Å². The Morgan fingerprint density at radius 1 is 1.56 bits per heavy atom. The van der Waals surface area contributed by atoms with Gasteiger partial charge in [0.05, 0.1) is 0 Å². The number of hydrogen-bond donors (Lipinski definition) is 1. The highest BCUT2D eigenvalue weighted by Crippen LogP contribution is 2.15. The first-order valence-electron chi connectivity index (χ1n) is 6.79. The van der Waals surface area contributed by atoms with Gasteiger partial charge in [-0.15, -0.1) is 0 Å². The van der Waals surface area contributed by atoms with E-state index in [1.54, 1.807) is 6.07 Å². The Balaban J connectivity index is 1.94. The maximum atomic E-state index is 12.2. The zero-order valence-electron chi connectivity index (χ0n) is 11.2. The highest BCUT2D eigenvalue weighted by atomic mass is 16.3. The molecule has 0 aliphatic carbocycles. The summed E-state index contributed by atoms with van der Waals surface area (Å²) < 4.78 is 5.40. The van der Waals surface area contributed by atoms with E-state index in [9.17, 15) is 4.79 Å². The standard InChI is InChI=1S/C14H22N2O2/c1-3-8-15-12-5-4-9-16(10-12)14(17)13-7-6-11(2)18-13/h6-7,12,15H,3-5,8-10H2,1-2H3. The summed E-state index contributed by atoms with van der Waals surface area (Å²) in [7, 11) is 0. The summed E-state index contributed by atoms with van der Waals surface area (Å²) in [6.45, 7) is 6.66. The number of carbonyl (C=O) groups excluding carboxylic acids is 1. The molecule has 1 aromatic heterocycles. The van der Waals surface area contributed by atoms with Gasteiger partial charge in [0.25, 0.3) is 5.91 Å². The fourth-order valence-electron chi connectivity index (χ4n) is 2.38. The molecule has 0 radical (unpaired) electrons. The maximum absolute atomic E-state index is 12.2. The van der Waals surface area contributed by atoms with Crippen LogP contribution in [0.25, 0.3) is 0 Å². The largest absolute Gasteiger partial charge is 0.456 e. The molecule has 4 nitrogen and oxygen atoms in total. The Bertz CT molecular complexity index is 400. The Morgan fingerprint density at radius 2 is 2.39 bits per heavy atom. The van der Waals surface area contributed by atoms with Crippen LogP contribution in [0, 0.1) is 6.92 Å². The lowest BCUT2D eigenvalue weighted by Gasteiger charge is -2.32. The van der Waals surface area contributed by atoms with Crippen LogP contribution < -0.4 is 5.32 Å². The Morgan fingerprint density at radius 3 is 3.06 bits per heavy atom. The Kier molecular flexibility index (Phi) is 4.42. The van der Waals surface area contributed by atoms with Crippen LogP contribution in [0.1, 0.15) is 42.5 Å². The number of piperidine rings is 1. The fourth-order valence-corrected chi connectivity index (χ4v) is 2.38. The van der Waals surface area contributed by atoms with Gasteiger partial charge in [-0.05, 0) is 44.9 Å². The van der Waals surface area contributed by atoms with Gasteiger partial charge in [0.1, 0.15) is 5.76 Å². The molecule has 2 heterocycles. The molecule has 1 fully saturated rings. The van der Waals surface area contributed by atoms with Crippen LogP contribution in [0.4, 0.5) is 0 Å². The minimum absolute atomic E-state index is 0.0195. The smallest absolute Gasteiger partial charge is 0.289 e. The van der Waals surface area contributed by atoms with E-state index in [0.717, 1.165) is 44.7 Å². The molecule has 1 aliphatic heterocycles. The number of amides is 1. The first-order chi connectivity index (χ1) is 8.70. The third-order valence-corrected chi connectivity index (χ3v) is 3.34. The van der Waals surface area contributed by atoms with E-state index in [-0.39, 0.29) is 5.91 Å². The molecule has 100 valence electrons. The molecule has 1 saturated heterocycles. The molecule has 1 aromatic rings. The summed E-state index contributed by atoms with van der Waals surface area (Å²) in [5.74, 6) is 1.27. The first kappa shape index (κ1) is 13.1. The molecule has 0 aromatic carbocycles. The molecule has 1 N–H and O–H groups in total. The van der Waals surface area contributed by atoms with E-state index < -0.39 is 0 Å². The maximum Gasteiger partial charge on any atom is 0.289 e. The monoisotopic (exact) mass is 250 g/mol. The number of nitrogens with one attached hydrogen (secondary N) is 1. The predicted octanol–water partition coefficient (Wildman–Crippen LogP) is 2.19. The van der Waals surface area contributed by atoms with E-state index in [0.29, 0.717) is 11.8 Å². The summed E-state index contributed by atoms with van der Waals surface area (Å²) in [4.78, 5) is 14.1. The second-order valence-electron chi connectivity index (χ2n) is 4.95. The van der Waals surface area contributed by atoms with Crippen molar-refractivity contribution in [2.45, 2.75) is 39.2 Å². The van der Waals surface area contributed by atoms with Gasteiger partial charge >= 0.3 is 0 Å². The molecule has 1 amide bonds. The van der Waals surface area contributed by atoms with Crippen LogP contribution in [0.2, 0.25) is 0 Å². The molecule has 4 heteroatoms. The van der Waals surface area contributed by atoms with Crippen LogP contribution in [-0.2, 0) is 0 Å². The number of aryl methyl sites for hydroxylation is 1. The average molecular weight is 250 g/mol. The molecule has 2 rings (SSSR count). The van der Waals surface area contributed by atoms with Crippen molar-refractivity contribution >= 4 is 5.91 Å². The summed E-state index contributed by atoms with van der Waals surface area (Å²) in [6, 6.07) is 4.03. The minimum atomic E-state index is 0.0195.